The van der Waals surface area contributed by atoms with E-state index in [-0.39, 0.29) is 23.7 Å². The summed E-state index contributed by atoms with van der Waals surface area (Å²) in [4.78, 5) is 30.6. The largest absolute Gasteiger partial charge is 0.490 e. The van der Waals surface area contributed by atoms with Crippen molar-refractivity contribution in [3.63, 3.8) is 0 Å². The Morgan fingerprint density at radius 2 is 1.90 bits per heavy atom. The van der Waals surface area contributed by atoms with Crippen LogP contribution in [0.15, 0.2) is 24.3 Å². The summed E-state index contributed by atoms with van der Waals surface area (Å²) in [5.41, 5.74) is 1.95. The Kier molecular flexibility index (Phi) is 6.66. The van der Waals surface area contributed by atoms with E-state index in [9.17, 15) is 22.4 Å². The summed E-state index contributed by atoms with van der Waals surface area (Å²) in [7, 11) is 0. The summed E-state index contributed by atoms with van der Waals surface area (Å²) in [6.07, 6.45) is -4.62. The van der Waals surface area contributed by atoms with Gasteiger partial charge in [0.1, 0.15) is 11.6 Å². The SMILES string of the molecule is Cc1[nH]c(C2CC(=O)N(C(C)C)C2)nc1-c1ccccc1F.O=C(O)C(F)(F)F. The molecule has 3 rings (SSSR count). The van der Waals surface area contributed by atoms with E-state index in [4.69, 9.17) is 9.90 Å². The molecule has 1 aliphatic heterocycles. The predicted molar refractivity (Wildman–Crippen MR) is 96.6 cm³/mol. The third-order valence-corrected chi connectivity index (χ3v) is 4.44. The average molecular weight is 415 g/mol. The molecule has 2 aromatic rings. The van der Waals surface area contributed by atoms with Crippen LogP contribution >= 0.6 is 0 Å². The minimum Gasteiger partial charge on any atom is -0.475 e. The Labute approximate surface area is 164 Å². The topological polar surface area (TPSA) is 86.3 Å². The first-order valence-electron chi connectivity index (χ1n) is 8.82. The number of nitrogens with one attached hydrogen (secondary N) is 1. The molecule has 2 N–H and O–H groups in total. The summed E-state index contributed by atoms with van der Waals surface area (Å²) < 4.78 is 45.7. The number of carboxylic acid groups (broad SMARTS) is 1. The van der Waals surface area contributed by atoms with Gasteiger partial charge in [-0.15, -0.1) is 0 Å². The molecule has 1 atom stereocenters. The Hall–Kier alpha value is -2.91. The van der Waals surface area contributed by atoms with Gasteiger partial charge < -0.3 is 15.0 Å². The van der Waals surface area contributed by atoms with Gasteiger partial charge in [0.25, 0.3) is 0 Å². The van der Waals surface area contributed by atoms with E-state index < -0.39 is 12.1 Å². The smallest absolute Gasteiger partial charge is 0.475 e. The Morgan fingerprint density at radius 1 is 1.31 bits per heavy atom. The standard InChI is InChI=1S/C17H20FN3O.C2HF3O2/c1-10(2)21-9-12(8-15(21)22)17-19-11(3)16(20-17)13-6-4-5-7-14(13)18;3-2(4,5)1(6)7/h4-7,10,12H,8-9H2,1-3H3,(H,19,20);(H,6,7). The van der Waals surface area contributed by atoms with Crippen molar-refractivity contribution < 1.29 is 32.3 Å². The molecule has 0 saturated carbocycles. The van der Waals surface area contributed by atoms with Crippen molar-refractivity contribution in [3.8, 4) is 11.3 Å². The number of rotatable bonds is 3. The van der Waals surface area contributed by atoms with E-state index in [1.165, 1.54) is 6.07 Å². The van der Waals surface area contributed by atoms with Crippen molar-refractivity contribution in [1.29, 1.82) is 0 Å². The number of carbonyl (C=O) groups excluding carboxylic acids is 1. The molecule has 1 aliphatic rings. The summed E-state index contributed by atoms with van der Waals surface area (Å²) in [6.45, 7) is 6.58. The number of benzene rings is 1. The van der Waals surface area contributed by atoms with Crippen LogP contribution in [-0.4, -0.2) is 50.6 Å². The third kappa shape index (κ3) is 5.33. The first-order valence-corrected chi connectivity index (χ1v) is 8.82. The quantitative estimate of drug-likeness (QED) is 0.745. The molecule has 0 spiro atoms. The number of aryl methyl sites for hydroxylation is 1. The second-order valence-corrected chi connectivity index (χ2v) is 6.92. The number of nitrogens with zero attached hydrogens (tertiary/aromatic N) is 2. The average Bonchev–Trinajstić information content (AvgIpc) is 3.18. The number of aliphatic carboxylic acids is 1. The molecule has 6 nitrogen and oxygen atoms in total. The highest BCUT2D eigenvalue weighted by molar-refractivity contribution is 5.80. The highest BCUT2D eigenvalue weighted by atomic mass is 19.4. The minimum atomic E-state index is -5.08. The molecule has 0 bridgehead atoms. The summed E-state index contributed by atoms with van der Waals surface area (Å²) >= 11 is 0. The lowest BCUT2D eigenvalue weighted by molar-refractivity contribution is -0.192. The van der Waals surface area contributed by atoms with E-state index in [1.54, 1.807) is 18.2 Å². The van der Waals surface area contributed by atoms with E-state index in [0.29, 0.717) is 24.2 Å². The van der Waals surface area contributed by atoms with E-state index in [1.807, 2.05) is 25.7 Å². The highest BCUT2D eigenvalue weighted by Crippen LogP contribution is 2.31. The van der Waals surface area contributed by atoms with Gasteiger partial charge in [-0.3, -0.25) is 4.79 Å². The Bertz CT molecular complexity index is 893. The third-order valence-electron chi connectivity index (χ3n) is 4.44. The van der Waals surface area contributed by atoms with Gasteiger partial charge in [0.05, 0.1) is 5.69 Å². The van der Waals surface area contributed by atoms with Crippen molar-refractivity contribution >= 4 is 11.9 Å². The fourth-order valence-corrected chi connectivity index (χ4v) is 3.01. The van der Waals surface area contributed by atoms with Crippen molar-refractivity contribution in [2.24, 2.45) is 0 Å². The second kappa shape index (κ2) is 8.62. The van der Waals surface area contributed by atoms with Gasteiger partial charge in [-0.25, -0.2) is 14.2 Å². The first-order chi connectivity index (χ1) is 13.4. The van der Waals surface area contributed by atoms with Crippen molar-refractivity contribution in [2.75, 3.05) is 6.54 Å². The number of carbonyl (C=O) groups is 2. The number of alkyl halides is 3. The van der Waals surface area contributed by atoms with Crippen LogP contribution in [-0.2, 0) is 9.59 Å². The lowest BCUT2D eigenvalue weighted by Crippen LogP contribution is -2.31. The highest BCUT2D eigenvalue weighted by Gasteiger charge is 2.38. The van der Waals surface area contributed by atoms with Gasteiger partial charge >= 0.3 is 12.1 Å². The number of hydrogen-bond acceptors (Lipinski definition) is 3. The number of imidazole rings is 1. The van der Waals surface area contributed by atoms with Crippen molar-refractivity contribution in [1.82, 2.24) is 14.9 Å². The van der Waals surface area contributed by atoms with E-state index >= 15 is 0 Å². The molecule has 1 unspecified atom stereocenters. The van der Waals surface area contributed by atoms with Crippen LogP contribution in [0.2, 0.25) is 0 Å². The number of hydrogen-bond donors (Lipinski definition) is 2. The van der Waals surface area contributed by atoms with Gasteiger partial charge in [-0.2, -0.15) is 13.2 Å². The fourth-order valence-electron chi connectivity index (χ4n) is 3.01. The van der Waals surface area contributed by atoms with Gasteiger partial charge in [-0.1, -0.05) is 12.1 Å². The zero-order valence-corrected chi connectivity index (χ0v) is 16.0. The zero-order valence-electron chi connectivity index (χ0n) is 16.0. The Balaban J connectivity index is 0.000000370. The lowest BCUT2D eigenvalue weighted by atomic mass is 10.1. The van der Waals surface area contributed by atoms with Crippen molar-refractivity contribution in [2.45, 2.75) is 45.3 Å². The van der Waals surface area contributed by atoms with Gasteiger partial charge in [-0.05, 0) is 32.9 Å². The number of halogens is 4. The maximum Gasteiger partial charge on any atom is 0.490 e. The summed E-state index contributed by atoms with van der Waals surface area (Å²) in [5.74, 6) is -2.06. The molecule has 2 heterocycles. The Morgan fingerprint density at radius 3 is 2.38 bits per heavy atom. The lowest BCUT2D eigenvalue weighted by Gasteiger charge is -2.20. The number of carboxylic acids is 1. The van der Waals surface area contributed by atoms with Crippen LogP contribution < -0.4 is 0 Å². The molecule has 1 fully saturated rings. The van der Waals surface area contributed by atoms with E-state index in [2.05, 4.69) is 9.97 Å². The van der Waals surface area contributed by atoms with Crippen LogP contribution in [0.1, 0.15) is 37.7 Å². The molecule has 1 saturated heterocycles. The summed E-state index contributed by atoms with van der Waals surface area (Å²) in [5, 5.41) is 7.12. The van der Waals surface area contributed by atoms with Gasteiger partial charge in [0, 0.05) is 36.2 Å². The molecule has 29 heavy (non-hydrogen) atoms. The first kappa shape index (κ1) is 22.4. The van der Waals surface area contributed by atoms with E-state index in [0.717, 1.165) is 11.5 Å². The second-order valence-electron chi connectivity index (χ2n) is 6.92. The van der Waals surface area contributed by atoms with Crippen LogP contribution in [0.25, 0.3) is 11.3 Å². The monoisotopic (exact) mass is 415 g/mol. The molecule has 0 radical (unpaired) electrons. The van der Waals surface area contributed by atoms with Crippen LogP contribution in [0, 0.1) is 12.7 Å². The number of H-pyrrole nitrogens is 1. The molecule has 1 aromatic carbocycles. The predicted octanol–water partition coefficient (Wildman–Crippen LogP) is 3.88. The number of aromatic nitrogens is 2. The maximum atomic E-state index is 14.0. The molecule has 10 heteroatoms. The molecular formula is C19H21F4N3O3. The van der Waals surface area contributed by atoms with Crippen molar-refractivity contribution in [3.05, 3.63) is 41.6 Å². The minimum absolute atomic E-state index is 0.0501. The maximum absolute atomic E-state index is 14.0. The molecule has 158 valence electrons. The van der Waals surface area contributed by atoms with Gasteiger partial charge in [0.15, 0.2) is 0 Å². The molecule has 1 aromatic heterocycles. The molecular weight excluding hydrogens is 394 g/mol. The molecule has 1 amide bonds. The van der Waals surface area contributed by atoms with Gasteiger partial charge in [0.2, 0.25) is 5.91 Å². The number of likely N-dealkylation sites (tertiary alicyclic amines) is 1. The number of aromatic amines is 1. The van der Waals surface area contributed by atoms with Crippen LogP contribution in [0.5, 0.6) is 0 Å². The zero-order chi connectivity index (χ0) is 21.9. The fraction of sp³-hybridized carbons (Fsp3) is 0.421. The molecule has 0 aliphatic carbocycles. The van der Waals surface area contributed by atoms with Crippen LogP contribution in [0.3, 0.4) is 0 Å². The summed E-state index contributed by atoms with van der Waals surface area (Å²) in [6, 6.07) is 6.81. The normalized spacial score (nSPS) is 16.8. The number of amides is 1. The van der Waals surface area contributed by atoms with Crippen LogP contribution in [0.4, 0.5) is 17.6 Å².